The van der Waals surface area contributed by atoms with Crippen LogP contribution in [0.3, 0.4) is 0 Å². The fourth-order valence-corrected chi connectivity index (χ4v) is 1.70. The minimum absolute atomic E-state index is 0.0781. The highest BCUT2D eigenvalue weighted by Gasteiger charge is 2.05. The molecule has 18 heavy (non-hydrogen) atoms. The highest BCUT2D eigenvalue weighted by molar-refractivity contribution is 5.49. The Hall–Kier alpha value is -1.26. The minimum atomic E-state index is 0.0781. The molecule has 1 aromatic rings. The largest absolute Gasteiger partial charge is 0.494 e. The maximum Gasteiger partial charge on any atom is 0.119 e. The monoisotopic (exact) mass is 253 g/mol. The van der Waals surface area contributed by atoms with Crippen molar-refractivity contribution in [2.45, 2.75) is 19.8 Å². The Morgan fingerprint density at radius 2 is 1.67 bits per heavy atom. The molecule has 102 valence electrons. The van der Waals surface area contributed by atoms with Gasteiger partial charge >= 0.3 is 0 Å². The van der Waals surface area contributed by atoms with Crippen molar-refractivity contribution >= 4 is 5.69 Å². The van der Waals surface area contributed by atoms with E-state index in [1.165, 1.54) is 0 Å². The molecule has 0 atom stereocenters. The SMILES string of the molecule is CCCCOc1ccc(N(CCO)CCO)cc1. The topological polar surface area (TPSA) is 52.9 Å². The zero-order valence-corrected chi connectivity index (χ0v) is 11.0. The van der Waals surface area contributed by atoms with Gasteiger partial charge in [0.05, 0.1) is 19.8 Å². The molecule has 1 rings (SSSR count). The first kappa shape index (κ1) is 14.8. The van der Waals surface area contributed by atoms with Crippen molar-refractivity contribution in [3.05, 3.63) is 24.3 Å². The Morgan fingerprint density at radius 3 is 2.17 bits per heavy atom. The van der Waals surface area contributed by atoms with E-state index in [4.69, 9.17) is 14.9 Å². The van der Waals surface area contributed by atoms with Crippen molar-refractivity contribution in [3.8, 4) is 5.75 Å². The van der Waals surface area contributed by atoms with Gasteiger partial charge in [-0.05, 0) is 30.7 Å². The van der Waals surface area contributed by atoms with Gasteiger partial charge < -0.3 is 19.8 Å². The van der Waals surface area contributed by atoms with E-state index in [1.54, 1.807) is 0 Å². The number of ether oxygens (including phenoxy) is 1. The van der Waals surface area contributed by atoms with Crippen LogP contribution < -0.4 is 9.64 Å². The molecule has 0 aliphatic rings. The van der Waals surface area contributed by atoms with Crippen molar-refractivity contribution in [1.29, 1.82) is 0 Å². The Kier molecular flexibility index (Phi) is 7.22. The summed E-state index contributed by atoms with van der Waals surface area (Å²) >= 11 is 0. The second kappa shape index (κ2) is 8.78. The number of nitrogens with zero attached hydrogens (tertiary/aromatic N) is 1. The standard InChI is InChI=1S/C14H23NO3/c1-2-3-12-18-14-6-4-13(5-7-14)15(8-10-16)9-11-17/h4-7,16-17H,2-3,8-12H2,1H3. The average Bonchev–Trinajstić information content (AvgIpc) is 2.40. The number of aliphatic hydroxyl groups is 2. The maximum absolute atomic E-state index is 8.97. The van der Waals surface area contributed by atoms with Crippen LogP contribution in [0.2, 0.25) is 0 Å². The van der Waals surface area contributed by atoms with Crippen LogP contribution in [0.1, 0.15) is 19.8 Å². The lowest BCUT2D eigenvalue weighted by Gasteiger charge is -2.23. The predicted octanol–water partition coefficient (Wildman–Crippen LogP) is 1.66. The van der Waals surface area contributed by atoms with E-state index < -0.39 is 0 Å². The van der Waals surface area contributed by atoms with Crippen LogP contribution in [0, 0.1) is 0 Å². The van der Waals surface area contributed by atoms with E-state index in [-0.39, 0.29) is 13.2 Å². The Labute approximate surface area is 109 Å². The van der Waals surface area contributed by atoms with E-state index in [9.17, 15) is 0 Å². The number of hydrogen-bond donors (Lipinski definition) is 2. The fraction of sp³-hybridized carbons (Fsp3) is 0.571. The lowest BCUT2D eigenvalue weighted by molar-refractivity contribution is 0.281. The summed E-state index contributed by atoms with van der Waals surface area (Å²) in [6, 6.07) is 7.75. The van der Waals surface area contributed by atoms with E-state index in [0.717, 1.165) is 30.9 Å². The van der Waals surface area contributed by atoms with Crippen LogP contribution in [0.4, 0.5) is 5.69 Å². The second-order valence-corrected chi connectivity index (χ2v) is 4.13. The van der Waals surface area contributed by atoms with Crippen molar-refractivity contribution < 1.29 is 14.9 Å². The molecule has 1 aromatic carbocycles. The van der Waals surface area contributed by atoms with Crippen LogP contribution in [-0.2, 0) is 0 Å². The molecule has 4 heteroatoms. The smallest absolute Gasteiger partial charge is 0.119 e. The Balaban J connectivity index is 2.56. The molecule has 0 aliphatic carbocycles. The summed E-state index contributed by atoms with van der Waals surface area (Å²) in [6.07, 6.45) is 2.18. The van der Waals surface area contributed by atoms with E-state index >= 15 is 0 Å². The lowest BCUT2D eigenvalue weighted by atomic mass is 10.2. The molecule has 2 N–H and O–H groups in total. The number of rotatable bonds is 9. The number of hydrogen-bond acceptors (Lipinski definition) is 4. The quantitative estimate of drug-likeness (QED) is 0.657. The van der Waals surface area contributed by atoms with Gasteiger partial charge in [0, 0.05) is 18.8 Å². The molecule has 4 nitrogen and oxygen atoms in total. The Morgan fingerprint density at radius 1 is 1.06 bits per heavy atom. The molecule has 0 spiro atoms. The summed E-state index contributed by atoms with van der Waals surface area (Å²) < 4.78 is 5.58. The second-order valence-electron chi connectivity index (χ2n) is 4.13. The normalized spacial score (nSPS) is 10.4. The van der Waals surface area contributed by atoms with Gasteiger partial charge in [0.25, 0.3) is 0 Å². The van der Waals surface area contributed by atoms with Crippen LogP contribution >= 0.6 is 0 Å². The molecule has 0 radical (unpaired) electrons. The maximum atomic E-state index is 8.97. The van der Waals surface area contributed by atoms with Crippen LogP contribution in [0.5, 0.6) is 5.75 Å². The molecular formula is C14H23NO3. The molecule has 0 saturated carbocycles. The van der Waals surface area contributed by atoms with Gasteiger partial charge in [-0.3, -0.25) is 0 Å². The molecule has 0 heterocycles. The van der Waals surface area contributed by atoms with E-state index in [0.29, 0.717) is 13.1 Å². The van der Waals surface area contributed by atoms with Gasteiger partial charge in [0.1, 0.15) is 5.75 Å². The first-order valence-corrected chi connectivity index (χ1v) is 6.51. The van der Waals surface area contributed by atoms with Gasteiger partial charge in [-0.15, -0.1) is 0 Å². The molecule has 0 saturated heterocycles. The summed E-state index contributed by atoms with van der Waals surface area (Å²) in [5, 5.41) is 17.9. The van der Waals surface area contributed by atoms with Gasteiger partial charge in [0.2, 0.25) is 0 Å². The third kappa shape index (κ3) is 4.94. The average molecular weight is 253 g/mol. The van der Waals surface area contributed by atoms with Crippen molar-refractivity contribution in [2.75, 3.05) is 37.8 Å². The zero-order chi connectivity index (χ0) is 13.2. The number of unbranched alkanes of at least 4 members (excludes halogenated alkanes) is 1. The fourth-order valence-electron chi connectivity index (χ4n) is 1.70. The number of anilines is 1. The van der Waals surface area contributed by atoms with Crippen LogP contribution in [0.25, 0.3) is 0 Å². The summed E-state index contributed by atoms with van der Waals surface area (Å²) in [6.45, 7) is 4.08. The van der Waals surface area contributed by atoms with Crippen molar-refractivity contribution in [1.82, 2.24) is 0 Å². The van der Waals surface area contributed by atoms with Gasteiger partial charge in [-0.1, -0.05) is 13.3 Å². The summed E-state index contributed by atoms with van der Waals surface area (Å²) in [7, 11) is 0. The Bertz CT molecular complexity index is 307. The molecular weight excluding hydrogens is 230 g/mol. The number of aliphatic hydroxyl groups excluding tert-OH is 2. The van der Waals surface area contributed by atoms with Gasteiger partial charge in [0.15, 0.2) is 0 Å². The van der Waals surface area contributed by atoms with Crippen LogP contribution in [0.15, 0.2) is 24.3 Å². The van der Waals surface area contributed by atoms with E-state index in [2.05, 4.69) is 6.92 Å². The molecule has 0 aromatic heterocycles. The first-order valence-electron chi connectivity index (χ1n) is 6.51. The minimum Gasteiger partial charge on any atom is -0.494 e. The highest BCUT2D eigenvalue weighted by Crippen LogP contribution is 2.19. The molecule has 0 bridgehead atoms. The molecule has 0 aliphatic heterocycles. The van der Waals surface area contributed by atoms with E-state index in [1.807, 2.05) is 29.2 Å². The summed E-state index contributed by atoms with van der Waals surface area (Å²) in [4.78, 5) is 1.94. The first-order chi connectivity index (χ1) is 8.81. The molecule has 0 unspecified atom stereocenters. The van der Waals surface area contributed by atoms with Gasteiger partial charge in [-0.25, -0.2) is 0 Å². The third-order valence-electron chi connectivity index (χ3n) is 2.71. The van der Waals surface area contributed by atoms with Crippen LogP contribution in [-0.4, -0.2) is 43.1 Å². The van der Waals surface area contributed by atoms with Crippen molar-refractivity contribution in [3.63, 3.8) is 0 Å². The third-order valence-corrected chi connectivity index (χ3v) is 2.71. The molecule has 0 amide bonds. The summed E-state index contributed by atoms with van der Waals surface area (Å²) in [5.41, 5.74) is 0.987. The zero-order valence-electron chi connectivity index (χ0n) is 11.0. The highest BCUT2D eigenvalue weighted by atomic mass is 16.5. The predicted molar refractivity (Wildman–Crippen MR) is 73.2 cm³/mol. The van der Waals surface area contributed by atoms with Crippen molar-refractivity contribution in [2.24, 2.45) is 0 Å². The molecule has 0 fully saturated rings. The number of benzene rings is 1. The lowest BCUT2D eigenvalue weighted by Crippen LogP contribution is -2.29. The van der Waals surface area contributed by atoms with Gasteiger partial charge in [-0.2, -0.15) is 0 Å². The summed E-state index contributed by atoms with van der Waals surface area (Å²) in [5.74, 6) is 0.861.